The Kier molecular flexibility index (Phi) is 4.21. The van der Waals surface area contributed by atoms with Crippen LogP contribution in [0.25, 0.3) is 0 Å². The van der Waals surface area contributed by atoms with Gasteiger partial charge in [-0.25, -0.2) is 0 Å². The predicted octanol–water partition coefficient (Wildman–Crippen LogP) is 3.54. The molecule has 1 heterocycles. The normalized spacial score (nSPS) is 16.7. The Bertz CT molecular complexity index is 344. The average molecular weight is 254 g/mol. The fourth-order valence-electron chi connectivity index (χ4n) is 2.50. The first-order valence-electron chi connectivity index (χ1n) is 6.42. The van der Waals surface area contributed by atoms with Crippen molar-refractivity contribution in [1.82, 2.24) is 10.2 Å². The van der Waals surface area contributed by atoms with E-state index in [1.807, 2.05) is 12.1 Å². The SMILES string of the molecule is CC(C)CN(c1ccc(Cl)nn1)C1CCCC1. The van der Waals surface area contributed by atoms with Gasteiger partial charge in [0.2, 0.25) is 0 Å². The van der Waals surface area contributed by atoms with Crippen LogP contribution in [0.5, 0.6) is 0 Å². The molecule has 1 saturated carbocycles. The van der Waals surface area contributed by atoms with Crippen molar-refractivity contribution in [3.05, 3.63) is 17.3 Å². The smallest absolute Gasteiger partial charge is 0.151 e. The maximum absolute atomic E-state index is 5.79. The van der Waals surface area contributed by atoms with Crippen LogP contribution >= 0.6 is 11.6 Å². The Morgan fingerprint density at radius 3 is 2.53 bits per heavy atom. The van der Waals surface area contributed by atoms with Gasteiger partial charge in [-0.05, 0) is 30.9 Å². The molecule has 1 aliphatic rings. The van der Waals surface area contributed by atoms with Gasteiger partial charge >= 0.3 is 0 Å². The molecule has 0 bridgehead atoms. The summed E-state index contributed by atoms with van der Waals surface area (Å²) in [5, 5.41) is 8.64. The Morgan fingerprint density at radius 1 is 1.29 bits per heavy atom. The standard InChI is InChI=1S/C13H20ClN3/c1-10(2)9-17(11-5-3-4-6-11)13-8-7-12(14)15-16-13/h7-8,10-11H,3-6,9H2,1-2H3. The first kappa shape index (κ1) is 12.6. The number of hydrogen-bond donors (Lipinski definition) is 0. The van der Waals surface area contributed by atoms with Gasteiger partial charge < -0.3 is 4.90 Å². The van der Waals surface area contributed by atoms with E-state index in [4.69, 9.17) is 11.6 Å². The largest absolute Gasteiger partial charge is 0.352 e. The molecule has 4 heteroatoms. The van der Waals surface area contributed by atoms with Crippen LogP contribution in [0.15, 0.2) is 12.1 Å². The van der Waals surface area contributed by atoms with Crippen LogP contribution in [0.4, 0.5) is 5.82 Å². The highest BCUT2D eigenvalue weighted by Crippen LogP contribution is 2.27. The van der Waals surface area contributed by atoms with Gasteiger partial charge in [0.15, 0.2) is 11.0 Å². The second kappa shape index (κ2) is 5.67. The molecule has 0 saturated heterocycles. The predicted molar refractivity (Wildman–Crippen MR) is 71.5 cm³/mol. The molecular weight excluding hydrogens is 234 g/mol. The van der Waals surface area contributed by atoms with Crippen LogP contribution in [0.3, 0.4) is 0 Å². The lowest BCUT2D eigenvalue weighted by Crippen LogP contribution is -2.37. The Hall–Kier alpha value is -0.830. The molecule has 0 spiro atoms. The molecule has 1 aromatic heterocycles. The molecule has 94 valence electrons. The van der Waals surface area contributed by atoms with Gasteiger partial charge in [-0.3, -0.25) is 0 Å². The van der Waals surface area contributed by atoms with Gasteiger partial charge in [0.1, 0.15) is 0 Å². The summed E-state index contributed by atoms with van der Waals surface area (Å²) in [6, 6.07) is 4.44. The lowest BCUT2D eigenvalue weighted by atomic mass is 10.1. The number of rotatable bonds is 4. The van der Waals surface area contributed by atoms with Crippen molar-refractivity contribution in [3.8, 4) is 0 Å². The van der Waals surface area contributed by atoms with E-state index >= 15 is 0 Å². The van der Waals surface area contributed by atoms with Crippen LogP contribution in [0, 0.1) is 5.92 Å². The molecule has 0 N–H and O–H groups in total. The Morgan fingerprint density at radius 2 is 2.00 bits per heavy atom. The second-order valence-electron chi connectivity index (χ2n) is 5.20. The third-order valence-electron chi connectivity index (χ3n) is 3.24. The highest BCUT2D eigenvalue weighted by atomic mass is 35.5. The third-order valence-corrected chi connectivity index (χ3v) is 3.44. The van der Waals surface area contributed by atoms with Crippen LogP contribution in [0.2, 0.25) is 5.15 Å². The van der Waals surface area contributed by atoms with E-state index in [1.165, 1.54) is 25.7 Å². The van der Waals surface area contributed by atoms with Crippen molar-refractivity contribution in [3.63, 3.8) is 0 Å². The highest BCUT2D eigenvalue weighted by molar-refractivity contribution is 6.29. The van der Waals surface area contributed by atoms with Crippen LogP contribution in [0.1, 0.15) is 39.5 Å². The summed E-state index contributed by atoms with van der Waals surface area (Å²) in [6.07, 6.45) is 5.22. The second-order valence-corrected chi connectivity index (χ2v) is 5.59. The maximum Gasteiger partial charge on any atom is 0.151 e. The summed E-state index contributed by atoms with van der Waals surface area (Å²) in [5.41, 5.74) is 0. The lowest BCUT2D eigenvalue weighted by Gasteiger charge is -2.31. The van der Waals surface area contributed by atoms with E-state index in [0.717, 1.165) is 12.4 Å². The van der Waals surface area contributed by atoms with Crippen molar-refractivity contribution < 1.29 is 0 Å². The molecule has 0 aliphatic heterocycles. The molecule has 2 rings (SSSR count). The van der Waals surface area contributed by atoms with Gasteiger partial charge in [0.25, 0.3) is 0 Å². The highest BCUT2D eigenvalue weighted by Gasteiger charge is 2.24. The van der Waals surface area contributed by atoms with Crippen molar-refractivity contribution >= 4 is 17.4 Å². The fourth-order valence-corrected chi connectivity index (χ4v) is 2.60. The summed E-state index contributed by atoms with van der Waals surface area (Å²) >= 11 is 5.79. The molecule has 0 radical (unpaired) electrons. The van der Waals surface area contributed by atoms with Gasteiger partial charge in [-0.2, -0.15) is 0 Å². The summed E-state index contributed by atoms with van der Waals surface area (Å²) in [6.45, 7) is 5.53. The van der Waals surface area contributed by atoms with E-state index in [9.17, 15) is 0 Å². The van der Waals surface area contributed by atoms with Crippen LogP contribution in [-0.4, -0.2) is 22.8 Å². The number of aromatic nitrogens is 2. The molecule has 1 aromatic rings. The zero-order valence-corrected chi connectivity index (χ0v) is 11.3. The van der Waals surface area contributed by atoms with E-state index in [2.05, 4.69) is 28.9 Å². The summed E-state index contributed by atoms with van der Waals surface area (Å²) in [7, 11) is 0. The van der Waals surface area contributed by atoms with Crippen LogP contribution in [-0.2, 0) is 0 Å². The number of nitrogens with zero attached hydrogens (tertiary/aromatic N) is 3. The molecule has 1 fully saturated rings. The molecule has 0 unspecified atom stereocenters. The van der Waals surface area contributed by atoms with Crippen molar-refractivity contribution in [1.29, 1.82) is 0 Å². The minimum atomic E-state index is 0.463. The molecule has 0 amide bonds. The monoisotopic (exact) mass is 253 g/mol. The van der Waals surface area contributed by atoms with E-state index in [-0.39, 0.29) is 0 Å². The number of anilines is 1. The quantitative estimate of drug-likeness (QED) is 0.822. The Labute approximate surface area is 108 Å². The number of hydrogen-bond acceptors (Lipinski definition) is 3. The van der Waals surface area contributed by atoms with Gasteiger partial charge in [0.05, 0.1) is 0 Å². The zero-order chi connectivity index (χ0) is 12.3. The molecule has 17 heavy (non-hydrogen) atoms. The van der Waals surface area contributed by atoms with Crippen molar-refractivity contribution in [2.24, 2.45) is 5.92 Å². The Balaban J connectivity index is 2.16. The van der Waals surface area contributed by atoms with Crippen LogP contribution < -0.4 is 4.90 Å². The minimum Gasteiger partial charge on any atom is -0.352 e. The zero-order valence-electron chi connectivity index (χ0n) is 10.6. The summed E-state index contributed by atoms with van der Waals surface area (Å²) in [4.78, 5) is 2.40. The van der Waals surface area contributed by atoms with Gasteiger partial charge in [0, 0.05) is 12.6 Å². The molecule has 1 aliphatic carbocycles. The van der Waals surface area contributed by atoms with Crippen molar-refractivity contribution in [2.45, 2.75) is 45.6 Å². The average Bonchev–Trinajstić information content (AvgIpc) is 2.80. The summed E-state index contributed by atoms with van der Waals surface area (Å²) < 4.78 is 0. The van der Waals surface area contributed by atoms with E-state index < -0.39 is 0 Å². The maximum atomic E-state index is 5.79. The van der Waals surface area contributed by atoms with Crippen molar-refractivity contribution in [2.75, 3.05) is 11.4 Å². The molecule has 0 atom stereocenters. The van der Waals surface area contributed by atoms with E-state index in [0.29, 0.717) is 17.1 Å². The van der Waals surface area contributed by atoms with Gasteiger partial charge in [-0.15, -0.1) is 10.2 Å². The molecule has 0 aromatic carbocycles. The number of halogens is 1. The topological polar surface area (TPSA) is 29.0 Å². The van der Waals surface area contributed by atoms with Gasteiger partial charge in [-0.1, -0.05) is 38.3 Å². The molecular formula is C13H20ClN3. The lowest BCUT2D eigenvalue weighted by molar-refractivity contribution is 0.529. The minimum absolute atomic E-state index is 0.463. The summed E-state index contributed by atoms with van der Waals surface area (Å²) in [5.74, 6) is 1.60. The molecule has 3 nitrogen and oxygen atoms in total. The van der Waals surface area contributed by atoms with E-state index in [1.54, 1.807) is 0 Å². The first-order valence-corrected chi connectivity index (χ1v) is 6.80. The fraction of sp³-hybridized carbons (Fsp3) is 0.692. The first-order chi connectivity index (χ1) is 8.16. The third kappa shape index (κ3) is 3.32.